The number of urea groups is 1. The SMILES string of the molecule is CNC(=O)NCCC1CCN(C)C1. The number of nitrogens with one attached hydrogen (secondary N) is 2. The zero-order chi connectivity index (χ0) is 9.68. The molecule has 1 aliphatic heterocycles. The minimum absolute atomic E-state index is 0.0775. The van der Waals surface area contributed by atoms with Crippen LogP contribution < -0.4 is 10.6 Å². The minimum Gasteiger partial charge on any atom is -0.341 e. The summed E-state index contributed by atoms with van der Waals surface area (Å²) in [6, 6.07) is -0.0775. The van der Waals surface area contributed by atoms with Crippen molar-refractivity contribution in [2.75, 3.05) is 33.7 Å². The second kappa shape index (κ2) is 5.07. The zero-order valence-corrected chi connectivity index (χ0v) is 8.47. The summed E-state index contributed by atoms with van der Waals surface area (Å²) in [4.78, 5) is 13.2. The van der Waals surface area contributed by atoms with Crippen LogP contribution in [0.1, 0.15) is 12.8 Å². The van der Waals surface area contributed by atoms with Crippen molar-refractivity contribution in [2.24, 2.45) is 5.92 Å². The van der Waals surface area contributed by atoms with Gasteiger partial charge in [-0.05, 0) is 32.4 Å². The van der Waals surface area contributed by atoms with Crippen LogP contribution in [0, 0.1) is 5.92 Å². The highest BCUT2D eigenvalue weighted by atomic mass is 16.2. The Bertz CT molecular complexity index is 172. The van der Waals surface area contributed by atoms with Crippen LogP contribution in [0.25, 0.3) is 0 Å². The highest BCUT2D eigenvalue weighted by Crippen LogP contribution is 2.16. The van der Waals surface area contributed by atoms with E-state index in [4.69, 9.17) is 0 Å². The van der Waals surface area contributed by atoms with Crippen LogP contribution in [0.2, 0.25) is 0 Å². The minimum atomic E-state index is -0.0775. The summed E-state index contributed by atoms with van der Waals surface area (Å²) in [6.07, 6.45) is 2.36. The third-order valence-electron chi connectivity index (χ3n) is 2.55. The lowest BCUT2D eigenvalue weighted by Crippen LogP contribution is -2.34. The van der Waals surface area contributed by atoms with Gasteiger partial charge < -0.3 is 15.5 Å². The van der Waals surface area contributed by atoms with E-state index in [1.807, 2.05) is 0 Å². The molecule has 1 saturated heterocycles. The molecular weight excluding hydrogens is 166 g/mol. The molecule has 1 heterocycles. The highest BCUT2D eigenvalue weighted by molar-refractivity contribution is 5.73. The normalized spacial score (nSPS) is 23.1. The van der Waals surface area contributed by atoms with E-state index < -0.39 is 0 Å². The quantitative estimate of drug-likeness (QED) is 0.662. The van der Waals surface area contributed by atoms with Crippen molar-refractivity contribution in [1.29, 1.82) is 0 Å². The largest absolute Gasteiger partial charge is 0.341 e. The van der Waals surface area contributed by atoms with Crippen LogP contribution in [0.3, 0.4) is 0 Å². The van der Waals surface area contributed by atoms with Gasteiger partial charge in [-0.2, -0.15) is 0 Å². The summed E-state index contributed by atoms with van der Waals surface area (Å²) < 4.78 is 0. The van der Waals surface area contributed by atoms with Gasteiger partial charge in [0.2, 0.25) is 0 Å². The Labute approximate surface area is 79.7 Å². The van der Waals surface area contributed by atoms with Gasteiger partial charge in [-0.1, -0.05) is 0 Å². The number of nitrogens with zero attached hydrogens (tertiary/aromatic N) is 1. The van der Waals surface area contributed by atoms with Crippen molar-refractivity contribution >= 4 is 6.03 Å². The summed E-state index contributed by atoms with van der Waals surface area (Å²) in [5, 5.41) is 5.34. The summed E-state index contributed by atoms with van der Waals surface area (Å²) in [5.74, 6) is 0.766. The Hall–Kier alpha value is -0.770. The molecule has 1 atom stereocenters. The number of carbonyl (C=O) groups is 1. The fourth-order valence-electron chi connectivity index (χ4n) is 1.74. The molecule has 0 aliphatic carbocycles. The Morgan fingerprint density at radius 3 is 2.92 bits per heavy atom. The molecular formula is C9H19N3O. The summed E-state index contributed by atoms with van der Waals surface area (Å²) in [7, 11) is 3.78. The lowest BCUT2D eigenvalue weighted by atomic mass is 10.1. The molecule has 1 unspecified atom stereocenters. The maximum absolute atomic E-state index is 10.8. The Morgan fingerprint density at radius 1 is 1.62 bits per heavy atom. The van der Waals surface area contributed by atoms with Crippen molar-refractivity contribution in [3.05, 3.63) is 0 Å². The Morgan fingerprint density at radius 2 is 2.38 bits per heavy atom. The lowest BCUT2D eigenvalue weighted by Gasteiger charge is -2.10. The van der Waals surface area contributed by atoms with Crippen molar-refractivity contribution in [3.63, 3.8) is 0 Å². The number of hydrogen-bond acceptors (Lipinski definition) is 2. The molecule has 1 aliphatic rings. The van der Waals surface area contributed by atoms with Crippen LogP contribution >= 0.6 is 0 Å². The van der Waals surface area contributed by atoms with E-state index in [1.54, 1.807) is 7.05 Å². The molecule has 0 aromatic heterocycles. The molecule has 4 heteroatoms. The first-order valence-corrected chi connectivity index (χ1v) is 4.86. The van der Waals surface area contributed by atoms with Gasteiger partial charge in [-0.25, -0.2) is 4.79 Å². The summed E-state index contributed by atoms with van der Waals surface area (Å²) >= 11 is 0. The molecule has 4 nitrogen and oxygen atoms in total. The molecule has 1 fully saturated rings. The Balaban J connectivity index is 2.03. The molecule has 13 heavy (non-hydrogen) atoms. The zero-order valence-electron chi connectivity index (χ0n) is 8.47. The van der Waals surface area contributed by atoms with Crippen molar-refractivity contribution in [2.45, 2.75) is 12.8 Å². The predicted octanol–water partition coefficient (Wildman–Crippen LogP) is 0.257. The standard InChI is InChI=1S/C9H19N3O/c1-10-9(13)11-5-3-8-4-6-12(2)7-8/h8H,3-7H2,1-2H3,(H2,10,11,13). The summed E-state index contributed by atoms with van der Waals surface area (Å²) in [5.41, 5.74) is 0. The number of rotatable bonds is 3. The second-order valence-electron chi connectivity index (χ2n) is 3.71. The molecule has 0 bridgehead atoms. The van der Waals surface area contributed by atoms with Crippen molar-refractivity contribution in [3.8, 4) is 0 Å². The van der Waals surface area contributed by atoms with Crippen molar-refractivity contribution < 1.29 is 4.79 Å². The van der Waals surface area contributed by atoms with E-state index in [-0.39, 0.29) is 6.03 Å². The maximum atomic E-state index is 10.8. The van der Waals surface area contributed by atoms with E-state index in [1.165, 1.54) is 19.5 Å². The van der Waals surface area contributed by atoms with E-state index >= 15 is 0 Å². The van der Waals surface area contributed by atoms with Crippen LogP contribution in [-0.2, 0) is 0 Å². The van der Waals surface area contributed by atoms with Gasteiger partial charge >= 0.3 is 6.03 Å². The van der Waals surface area contributed by atoms with Gasteiger partial charge in [0.1, 0.15) is 0 Å². The molecule has 0 radical (unpaired) electrons. The first kappa shape index (κ1) is 10.3. The number of likely N-dealkylation sites (tertiary alicyclic amines) is 1. The monoisotopic (exact) mass is 185 g/mol. The van der Waals surface area contributed by atoms with Gasteiger partial charge in [0.05, 0.1) is 0 Å². The molecule has 0 aromatic rings. The number of amides is 2. The predicted molar refractivity (Wildman–Crippen MR) is 52.7 cm³/mol. The molecule has 2 N–H and O–H groups in total. The first-order chi connectivity index (χ1) is 6.22. The van der Waals surface area contributed by atoms with Gasteiger partial charge in [-0.15, -0.1) is 0 Å². The van der Waals surface area contributed by atoms with Crippen LogP contribution in [0.15, 0.2) is 0 Å². The molecule has 0 saturated carbocycles. The lowest BCUT2D eigenvalue weighted by molar-refractivity contribution is 0.242. The third kappa shape index (κ3) is 3.63. The average molecular weight is 185 g/mol. The van der Waals surface area contributed by atoms with E-state index in [2.05, 4.69) is 22.6 Å². The van der Waals surface area contributed by atoms with Crippen LogP contribution in [0.4, 0.5) is 4.79 Å². The van der Waals surface area contributed by atoms with Gasteiger partial charge in [0, 0.05) is 20.1 Å². The highest BCUT2D eigenvalue weighted by Gasteiger charge is 2.18. The fourth-order valence-corrected chi connectivity index (χ4v) is 1.74. The maximum Gasteiger partial charge on any atom is 0.314 e. The molecule has 0 spiro atoms. The third-order valence-corrected chi connectivity index (χ3v) is 2.55. The molecule has 1 rings (SSSR count). The van der Waals surface area contributed by atoms with Gasteiger partial charge in [-0.3, -0.25) is 0 Å². The number of carbonyl (C=O) groups excluding carboxylic acids is 1. The molecule has 0 aromatic carbocycles. The topological polar surface area (TPSA) is 44.4 Å². The smallest absolute Gasteiger partial charge is 0.314 e. The fraction of sp³-hybridized carbons (Fsp3) is 0.889. The van der Waals surface area contributed by atoms with Gasteiger partial charge in [0.15, 0.2) is 0 Å². The van der Waals surface area contributed by atoms with Crippen LogP contribution in [0.5, 0.6) is 0 Å². The van der Waals surface area contributed by atoms with Crippen LogP contribution in [-0.4, -0.2) is 44.7 Å². The second-order valence-corrected chi connectivity index (χ2v) is 3.71. The number of hydrogen-bond donors (Lipinski definition) is 2. The van der Waals surface area contributed by atoms with Gasteiger partial charge in [0.25, 0.3) is 0 Å². The van der Waals surface area contributed by atoms with E-state index in [0.29, 0.717) is 0 Å². The summed E-state index contributed by atoms with van der Waals surface area (Å²) in [6.45, 7) is 3.16. The average Bonchev–Trinajstić information content (AvgIpc) is 2.51. The molecule has 76 valence electrons. The Kier molecular flexibility index (Phi) is 4.02. The van der Waals surface area contributed by atoms with Crippen molar-refractivity contribution in [1.82, 2.24) is 15.5 Å². The first-order valence-electron chi connectivity index (χ1n) is 4.86. The molecule has 2 amide bonds. The van der Waals surface area contributed by atoms with E-state index in [9.17, 15) is 4.79 Å². The van der Waals surface area contributed by atoms with E-state index in [0.717, 1.165) is 18.9 Å².